The third-order valence-corrected chi connectivity index (χ3v) is 4.08. The number of ether oxygens (including phenoxy) is 1. The number of nitriles is 1. The lowest BCUT2D eigenvalue weighted by atomic mass is 9.90. The number of hydrogen-bond donors (Lipinski definition) is 1. The molecule has 0 bridgehead atoms. The van der Waals surface area contributed by atoms with Crippen molar-refractivity contribution in [3.8, 4) is 11.8 Å². The summed E-state index contributed by atoms with van der Waals surface area (Å²) in [4.78, 5) is 25.5. The summed E-state index contributed by atoms with van der Waals surface area (Å²) >= 11 is 0. The molecule has 0 aliphatic rings. The Balaban J connectivity index is 2.02. The second-order valence-corrected chi connectivity index (χ2v) is 6.35. The maximum Gasteiger partial charge on any atom is 0.361 e. The van der Waals surface area contributed by atoms with Crippen LogP contribution in [-0.4, -0.2) is 39.0 Å². The van der Waals surface area contributed by atoms with E-state index in [9.17, 15) is 14.9 Å². The molecule has 0 radical (unpaired) electrons. The first-order valence-corrected chi connectivity index (χ1v) is 8.15. The van der Waals surface area contributed by atoms with Gasteiger partial charge in [0.2, 0.25) is 0 Å². The predicted octanol–water partition coefficient (Wildman–Crippen LogP) is 1.79. The molecule has 26 heavy (non-hydrogen) atoms. The molecule has 0 spiro atoms. The average molecular weight is 355 g/mol. The summed E-state index contributed by atoms with van der Waals surface area (Å²) in [6.45, 7) is 6.39. The van der Waals surface area contributed by atoms with Gasteiger partial charge in [-0.15, -0.1) is 5.10 Å². The molecule has 8 heteroatoms. The summed E-state index contributed by atoms with van der Waals surface area (Å²) in [6.07, 6.45) is 0. The highest BCUT2D eigenvalue weighted by Crippen LogP contribution is 2.15. The third kappa shape index (κ3) is 4.25. The van der Waals surface area contributed by atoms with Gasteiger partial charge in [0.15, 0.2) is 12.3 Å². The Morgan fingerprint density at radius 1 is 1.31 bits per heavy atom. The molecular formula is C18H21N5O3. The van der Waals surface area contributed by atoms with Crippen molar-refractivity contribution < 1.29 is 14.3 Å². The van der Waals surface area contributed by atoms with Crippen LogP contribution >= 0.6 is 0 Å². The van der Waals surface area contributed by atoms with Crippen LogP contribution in [0.5, 0.6) is 0 Å². The molecule has 0 fully saturated rings. The Morgan fingerprint density at radius 3 is 2.54 bits per heavy atom. The van der Waals surface area contributed by atoms with Crippen LogP contribution in [-0.2, 0) is 9.53 Å². The summed E-state index contributed by atoms with van der Waals surface area (Å²) in [7, 11) is 0. The van der Waals surface area contributed by atoms with Crippen LogP contribution in [0.2, 0.25) is 0 Å². The van der Waals surface area contributed by atoms with E-state index >= 15 is 0 Å². The minimum atomic E-state index is -1.03. The minimum absolute atomic E-state index is 0.0357. The van der Waals surface area contributed by atoms with Gasteiger partial charge in [0.1, 0.15) is 5.54 Å². The highest BCUT2D eigenvalue weighted by Gasteiger charge is 2.30. The summed E-state index contributed by atoms with van der Waals surface area (Å²) in [5.74, 6) is -1.40. The molecule has 1 amide bonds. The highest BCUT2D eigenvalue weighted by atomic mass is 16.5. The molecule has 8 nitrogen and oxygen atoms in total. The van der Waals surface area contributed by atoms with Gasteiger partial charge in [-0.3, -0.25) is 4.79 Å². The number of amides is 1. The van der Waals surface area contributed by atoms with Crippen molar-refractivity contribution >= 4 is 11.9 Å². The predicted molar refractivity (Wildman–Crippen MR) is 93.4 cm³/mol. The molecule has 0 saturated carbocycles. The number of para-hydroxylation sites is 1. The lowest BCUT2D eigenvalue weighted by Crippen LogP contribution is -2.50. The molecule has 0 saturated heterocycles. The van der Waals surface area contributed by atoms with E-state index in [1.54, 1.807) is 26.0 Å². The van der Waals surface area contributed by atoms with Crippen molar-refractivity contribution in [1.29, 1.82) is 5.26 Å². The average Bonchev–Trinajstić information content (AvgIpc) is 3.02. The van der Waals surface area contributed by atoms with Crippen molar-refractivity contribution in [2.45, 2.75) is 33.2 Å². The van der Waals surface area contributed by atoms with E-state index in [2.05, 4.69) is 21.6 Å². The van der Waals surface area contributed by atoms with Gasteiger partial charge in [0, 0.05) is 0 Å². The van der Waals surface area contributed by atoms with Gasteiger partial charge in [0.25, 0.3) is 5.91 Å². The monoisotopic (exact) mass is 355 g/mol. The van der Waals surface area contributed by atoms with Crippen LogP contribution in [0.3, 0.4) is 0 Å². The number of nitrogens with zero attached hydrogens (tertiary/aromatic N) is 4. The summed E-state index contributed by atoms with van der Waals surface area (Å²) in [6, 6.07) is 11.2. The molecule has 1 aromatic carbocycles. The first-order valence-electron chi connectivity index (χ1n) is 8.15. The van der Waals surface area contributed by atoms with E-state index < -0.39 is 24.0 Å². The third-order valence-electron chi connectivity index (χ3n) is 4.08. The molecule has 0 aliphatic heterocycles. The van der Waals surface area contributed by atoms with E-state index in [1.807, 2.05) is 32.0 Å². The van der Waals surface area contributed by atoms with E-state index in [1.165, 1.54) is 4.80 Å². The Labute approximate surface area is 151 Å². The molecule has 0 unspecified atom stereocenters. The minimum Gasteiger partial charge on any atom is -0.451 e. The molecule has 1 heterocycles. The molecule has 136 valence electrons. The van der Waals surface area contributed by atoms with Gasteiger partial charge in [-0.2, -0.15) is 15.2 Å². The quantitative estimate of drug-likeness (QED) is 0.791. The van der Waals surface area contributed by atoms with Gasteiger partial charge in [0.05, 0.1) is 17.5 Å². The lowest BCUT2D eigenvalue weighted by molar-refractivity contribution is -0.125. The van der Waals surface area contributed by atoms with Gasteiger partial charge in [-0.25, -0.2) is 4.79 Å². The number of benzene rings is 1. The second kappa shape index (κ2) is 7.78. The lowest BCUT2D eigenvalue weighted by Gasteiger charge is -2.27. The smallest absolute Gasteiger partial charge is 0.361 e. The zero-order chi connectivity index (χ0) is 19.3. The number of rotatable bonds is 6. The number of aryl methyl sites for hydroxylation is 1. The standard InChI is InChI=1S/C18H21N5O3/c1-12(2)18(4,11-19)20-15(24)10-26-17(25)16-13(3)21-23(22-16)14-8-6-5-7-9-14/h5-9,12H,10H2,1-4H3,(H,20,24)/t18-/m0/s1. The van der Waals surface area contributed by atoms with E-state index in [4.69, 9.17) is 4.74 Å². The fourth-order valence-electron chi connectivity index (χ4n) is 2.07. The fourth-order valence-corrected chi connectivity index (χ4v) is 2.07. The van der Waals surface area contributed by atoms with Crippen molar-refractivity contribution in [1.82, 2.24) is 20.3 Å². The van der Waals surface area contributed by atoms with Crippen LogP contribution in [0.15, 0.2) is 30.3 Å². The van der Waals surface area contributed by atoms with Crippen LogP contribution in [0.4, 0.5) is 0 Å². The zero-order valence-corrected chi connectivity index (χ0v) is 15.2. The Kier molecular flexibility index (Phi) is 5.72. The first-order chi connectivity index (χ1) is 12.3. The highest BCUT2D eigenvalue weighted by molar-refractivity contribution is 5.90. The van der Waals surface area contributed by atoms with Crippen LogP contribution in [0.1, 0.15) is 37.0 Å². The van der Waals surface area contributed by atoms with Crippen LogP contribution in [0.25, 0.3) is 5.69 Å². The Hall–Kier alpha value is -3.21. The number of esters is 1. The molecule has 1 atom stereocenters. The van der Waals surface area contributed by atoms with Gasteiger partial charge < -0.3 is 10.1 Å². The molecule has 1 N–H and O–H groups in total. The van der Waals surface area contributed by atoms with Gasteiger partial charge >= 0.3 is 5.97 Å². The van der Waals surface area contributed by atoms with E-state index in [-0.39, 0.29) is 11.6 Å². The largest absolute Gasteiger partial charge is 0.451 e. The summed E-state index contributed by atoms with van der Waals surface area (Å²) in [5.41, 5.74) is 0.0986. The number of carbonyl (C=O) groups is 2. The maximum atomic E-state index is 12.2. The van der Waals surface area contributed by atoms with Crippen molar-refractivity contribution in [3.63, 3.8) is 0 Å². The van der Waals surface area contributed by atoms with Crippen molar-refractivity contribution in [2.75, 3.05) is 6.61 Å². The van der Waals surface area contributed by atoms with Crippen LogP contribution in [0, 0.1) is 24.2 Å². The maximum absolute atomic E-state index is 12.2. The summed E-state index contributed by atoms with van der Waals surface area (Å²) in [5, 5.41) is 20.1. The number of aromatic nitrogens is 3. The Morgan fingerprint density at radius 2 is 1.96 bits per heavy atom. The van der Waals surface area contributed by atoms with Crippen molar-refractivity contribution in [2.24, 2.45) is 5.92 Å². The van der Waals surface area contributed by atoms with E-state index in [0.717, 1.165) is 0 Å². The first kappa shape index (κ1) is 19.1. The molecular weight excluding hydrogens is 334 g/mol. The molecule has 1 aromatic heterocycles. The SMILES string of the molecule is Cc1nn(-c2ccccc2)nc1C(=O)OCC(=O)N[C@@](C)(C#N)C(C)C. The van der Waals surface area contributed by atoms with Gasteiger partial charge in [-0.05, 0) is 31.9 Å². The number of hydrogen-bond acceptors (Lipinski definition) is 6. The zero-order valence-electron chi connectivity index (χ0n) is 15.2. The normalized spacial score (nSPS) is 12.9. The van der Waals surface area contributed by atoms with Gasteiger partial charge in [-0.1, -0.05) is 32.0 Å². The second-order valence-electron chi connectivity index (χ2n) is 6.35. The van der Waals surface area contributed by atoms with E-state index in [0.29, 0.717) is 11.4 Å². The fraction of sp³-hybridized carbons (Fsp3) is 0.389. The van der Waals surface area contributed by atoms with Crippen molar-refractivity contribution in [3.05, 3.63) is 41.7 Å². The Bertz CT molecular complexity index is 838. The molecule has 2 aromatic rings. The molecule has 2 rings (SSSR count). The van der Waals surface area contributed by atoms with Crippen LogP contribution < -0.4 is 5.32 Å². The number of carbonyl (C=O) groups excluding carboxylic acids is 2. The molecule has 0 aliphatic carbocycles. The topological polar surface area (TPSA) is 110 Å². The number of nitrogens with one attached hydrogen (secondary N) is 1. The summed E-state index contributed by atoms with van der Waals surface area (Å²) < 4.78 is 5.01.